The zero-order valence-corrected chi connectivity index (χ0v) is 18.7. The molecule has 0 aliphatic heterocycles. The molecule has 0 bridgehead atoms. The summed E-state index contributed by atoms with van der Waals surface area (Å²) >= 11 is 7.55. The number of fused-ring (bicyclic) bond motifs is 1. The van der Waals surface area contributed by atoms with Crippen LogP contribution in [0.5, 0.6) is 5.75 Å². The van der Waals surface area contributed by atoms with Crippen LogP contribution in [-0.2, 0) is 6.61 Å². The smallest absolute Gasteiger partial charge is 0.320 e. The lowest BCUT2D eigenvalue weighted by atomic mass is 10.3. The Labute approximate surface area is 192 Å². The first-order chi connectivity index (χ1) is 15.5. The predicted molar refractivity (Wildman–Crippen MR) is 119 cm³/mol. The molecule has 2 aromatic heterocycles. The van der Waals surface area contributed by atoms with E-state index in [2.05, 4.69) is 15.2 Å². The minimum absolute atomic E-state index is 0.220. The van der Waals surface area contributed by atoms with Gasteiger partial charge in [0, 0.05) is 6.04 Å². The number of benzene rings is 2. The molecule has 10 heteroatoms. The number of nitrogens with zero attached hydrogens (tertiary/aromatic N) is 5. The second kappa shape index (κ2) is 8.71. The molecule has 5 rings (SSSR count). The number of para-hydroxylation sites is 3. The summed E-state index contributed by atoms with van der Waals surface area (Å²) in [5.41, 5.74) is 0.968. The van der Waals surface area contributed by atoms with E-state index in [4.69, 9.17) is 16.3 Å². The molecule has 1 atom stereocenters. The molecule has 0 saturated heterocycles. The molecule has 32 heavy (non-hydrogen) atoms. The highest BCUT2D eigenvalue weighted by molar-refractivity contribution is 7.99. The number of hydrogen-bond acceptors (Lipinski definition) is 5. The van der Waals surface area contributed by atoms with Gasteiger partial charge in [0.05, 0.1) is 21.3 Å². The zero-order chi connectivity index (χ0) is 22.2. The van der Waals surface area contributed by atoms with Crippen LogP contribution in [0.3, 0.4) is 0 Å². The van der Waals surface area contributed by atoms with Gasteiger partial charge in [-0.25, -0.2) is 4.98 Å². The van der Waals surface area contributed by atoms with Crippen LogP contribution in [0.4, 0.5) is 8.78 Å². The van der Waals surface area contributed by atoms with Crippen molar-refractivity contribution in [2.75, 3.05) is 0 Å². The van der Waals surface area contributed by atoms with Gasteiger partial charge in [-0.15, -0.1) is 10.2 Å². The number of imidazole rings is 1. The van der Waals surface area contributed by atoms with E-state index in [0.29, 0.717) is 44.7 Å². The van der Waals surface area contributed by atoms with Crippen LogP contribution in [0.15, 0.2) is 53.7 Å². The Morgan fingerprint density at radius 2 is 1.88 bits per heavy atom. The molecule has 0 radical (unpaired) electrons. The molecule has 4 aromatic rings. The van der Waals surface area contributed by atoms with E-state index in [-0.39, 0.29) is 11.9 Å². The van der Waals surface area contributed by atoms with Gasteiger partial charge in [-0.3, -0.25) is 9.13 Å². The average molecular weight is 476 g/mol. The minimum atomic E-state index is -2.68. The molecule has 166 valence electrons. The van der Waals surface area contributed by atoms with Crippen molar-refractivity contribution >= 4 is 34.4 Å². The molecule has 0 N–H and O–H groups in total. The molecule has 0 spiro atoms. The summed E-state index contributed by atoms with van der Waals surface area (Å²) in [6.07, 6.45) is 2.04. The SMILES string of the molecule is CC(Sc1nnc(COc2ccccc2Cl)n1C1CC1)c1nc2ccccc2n1C(F)F. The number of rotatable bonds is 8. The lowest BCUT2D eigenvalue weighted by molar-refractivity contribution is 0.0715. The van der Waals surface area contributed by atoms with Gasteiger partial charge in [0.1, 0.15) is 18.2 Å². The second-order valence-electron chi connectivity index (χ2n) is 7.59. The van der Waals surface area contributed by atoms with Crippen molar-refractivity contribution in [3.05, 3.63) is 65.2 Å². The molecule has 1 aliphatic rings. The van der Waals surface area contributed by atoms with Crippen molar-refractivity contribution in [1.29, 1.82) is 0 Å². The number of thioether (sulfide) groups is 1. The van der Waals surface area contributed by atoms with Gasteiger partial charge in [-0.05, 0) is 44.0 Å². The summed E-state index contributed by atoms with van der Waals surface area (Å²) in [6, 6.07) is 14.5. The van der Waals surface area contributed by atoms with Crippen molar-refractivity contribution in [3.63, 3.8) is 0 Å². The van der Waals surface area contributed by atoms with E-state index in [1.54, 1.807) is 36.4 Å². The van der Waals surface area contributed by atoms with Crippen molar-refractivity contribution < 1.29 is 13.5 Å². The Balaban J connectivity index is 1.41. The number of aromatic nitrogens is 5. The van der Waals surface area contributed by atoms with Gasteiger partial charge < -0.3 is 4.74 Å². The molecule has 1 saturated carbocycles. The first-order valence-electron chi connectivity index (χ1n) is 10.3. The lowest BCUT2D eigenvalue weighted by Crippen LogP contribution is -2.09. The molecule has 1 aliphatic carbocycles. The lowest BCUT2D eigenvalue weighted by Gasteiger charge is -2.15. The fourth-order valence-electron chi connectivity index (χ4n) is 3.66. The quantitative estimate of drug-likeness (QED) is 0.274. The average Bonchev–Trinajstić information content (AvgIpc) is 3.41. The third kappa shape index (κ3) is 4.06. The molecule has 0 amide bonds. The summed E-state index contributed by atoms with van der Waals surface area (Å²) in [5.74, 6) is 1.57. The first-order valence-corrected chi connectivity index (χ1v) is 11.5. The maximum atomic E-state index is 13.9. The second-order valence-corrected chi connectivity index (χ2v) is 9.30. The van der Waals surface area contributed by atoms with Crippen LogP contribution >= 0.6 is 23.4 Å². The van der Waals surface area contributed by atoms with Gasteiger partial charge in [-0.2, -0.15) is 8.78 Å². The summed E-state index contributed by atoms with van der Waals surface area (Å²) in [7, 11) is 0. The number of halogens is 3. The van der Waals surface area contributed by atoms with E-state index >= 15 is 0 Å². The third-order valence-electron chi connectivity index (χ3n) is 5.30. The largest absolute Gasteiger partial charge is 0.484 e. The van der Waals surface area contributed by atoms with E-state index in [9.17, 15) is 8.78 Å². The number of hydrogen-bond donors (Lipinski definition) is 0. The molecule has 6 nitrogen and oxygen atoms in total. The van der Waals surface area contributed by atoms with Crippen molar-refractivity contribution in [2.24, 2.45) is 0 Å². The first kappa shape index (κ1) is 21.2. The van der Waals surface area contributed by atoms with Crippen LogP contribution in [0.2, 0.25) is 5.02 Å². The summed E-state index contributed by atoms with van der Waals surface area (Å²) in [6.45, 7) is -0.602. The van der Waals surface area contributed by atoms with Crippen LogP contribution in [0.25, 0.3) is 11.0 Å². The van der Waals surface area contributed by atoms with Crippen LogP contribution in [0, 0.1) is 0 Å². The molecular weight excluding hydrogens is 456 g/mol. The summed E-state index contributed by atoms with van der Waals surface area (Å²) < 4.78 is 36.6. The topological polar surface area (TPSA) is 57.8 Å². The standard InChI is InChI=1S/C22H20ClF2N5OS/c1-13(20-26-16-7-3-4-8-17(16)30(20)21(24)25)32-22-28-27-19(29(22)14-10-11-14)12-31-18-9-5-2-6-15(18)23/h2-9,13-14,21H,10-12H2,1H3. The van der Waals surface area contributed by atoms with E-state index in [1.165, 1.54) is 11.8 Å². The maximum absolute atomic E-state index is 13.9. The molecular formula is C22H20ClF2N5OS. The van der Waals surface area contributed by atoms with E-state index in [0.717, 1.165) is 17.4 Å². The van der Waals surface area contributed by atoms with Gasteiger partial charge in [0.25, 0.3) is 0 Å². The van der Waals surface area contributed by atoms with Gasteiger partial charge in [0.15, 0.2) is 11.0 Å². The van der Waals surface area contributed by atoms with Crippen LogP contribution < -0.4 is 4.74 Å². The van der Waals surface area contributed by atoms with Crippen molar-refractivity contribution in [1.82, 2.24) is 24.3 Å². The van der Waals surface area contributed by atoms with Crippen LogP contribution in [-0.4, -0.2) is 24.3 Å². The summed E-state index contributed by atoms with van der Waals surface area (Å²) in [4.78, 5) is 4.48. The fraction of sp³-hybridized carbons (Fsp3) is 0.318. The highest BCUT2D eigenvalue weighted by Crippen LogP contribution is 2.43. The number of alkyl halides is 2. The monoisotopic (exact) mass is 475 g/mol. The Bertz CT molecular complexity index is 1260. The number of ether oxygens (including phenoxy) is 1. The normalized spacial score (nSPS) is 14.9. The maximum Gasteiger partial charge on any atom is 0.320 e. The Kier molecular flexibility index (Phi) is 5.77. The fourth-order valence-corrected chi connectivity index (χ4v) is 4.89. The Hall–Kier alpha value is -2.65. The van der Waals surface area contributed by atoms with E-state index in [1.807, 2.05) is 23.6 Å². The van der Waals surface area contributed by atoms with E-state index < -0.39 is 6.55 Å². The molecule has 1 unspecified atom stereocenters. The molecule has 1 fully saturated rings. The van der Waals surface area contributed by atoms with Gasteiger partial charge in [-0.1, -0.05) is 47.6 Å². The predicted octanol–water partition coefficient (Wildman–Crippen LogP) is 6.44. The van der Waals surface area contributed by atoms with Crippen LogP contribution in [0.1, 0.15) is 49.3 Å². The zero-order valence-electron chi connectivity index (χ0n) is 17.2. The van der Waals surface area contributed by atoms with Gasteiger partial charge >= 0.3 is 6.55 Å². The summed E-state index contributed by atoms with van der Waals surface area (Å²) in [5, 5.41) is 9.51. The van der Waals surface area contributed by atoms with Crippen molar-refractivity contribution in [3.8, 4) is 5.75 Å². The Morgan fingerprint density at radius 1 is 1.12 bits per heavy atom. The van der Waals surface area contributed by atoms with Gasteiger partial charge in [0.2, 0.25) is 0 Å². The van der Waals surface area contributed by atoms with Crippen molar-refractivity contribution in [2.45, 2.75) is 49.4 Å². The molecule has 2 aromatic carbocycles. The highest BCUT2D eigenvalue weighted by atomic mass is 35.5. The molecule has 2 heterocycles. The Morgan fingerprint density at radius 3 is 2.62 bits per heavy atom. The highest BCUT2D eigenvalue weighted by Gasteiger charge is 2.32. The minimum Gasteiger partial charge on any atom is -0.484 e. The third-order valence-corrected chi connectivity index (χ3v) is 6.67.